The first-order chi connectivity index (χ1) is 15.6. The number of carboxylic acid groups (broad SMARTS) is 1. The van der Waals surface area contributed by atoms with Crippen LogP contribution in [0, 0.1) is 11.8 Å². The minimum absolute atomic E-state index is 0.184. The van der Waals surface area contributed by atoms with Gasteiger partial charge in [0.1, 0.15) is 0 Å². The van der Waals surface area contributed by atoms with Crippen LogP contribution in [0.3, 0.4) is 0 Å². The van der Waals surface area contributed by atoms with Crippen molar-refractivity contribution < 1.29 is 24.1 Å². The molecule has 2 saturated heterocycles. The summed E-state index contributed by atoms with van der Waals surface area (Å²) in [6.07, 6.45) is 5.86. The Morgan fingerprint density at radius 1 is 0.875 bits per heavy atom. The number of aromatic carboxylic acids is 1. The summed E-state index contributed by atoms with van der Waals surface area (Å²) in [4.78, 5) is 12.3. The molecule has 2 unspecified atom stereocenters. The number of carboxylic acids is 1. The first kappa shape index (κ1) is 18.5. The Labute approximate surface area is 185 Å². The van der Waals surface area contributed by atoms with E-state index in [4.69, 9.17) is 14.2 Å². The predicted molar refractivity (Wildman–Crippen MR) is 119 cm³/mol. The molecule has 4 fully saturated rings. The van der Waals surface area contributed by atoms with Crippen LogP contribution in [0.1, 0.15) is 48.0 Å². The molecular formula is C27H24O5. The van der Waals surface area contributed by atoms with Gasteiger partial charge in [-0.1, -0.05) is 24.3 Å². The van der Waals surface area contributed by atoms with E-state index in [1.165, 1.54) is 6.42 Å². The van der Waals surface area contributed by atoms with Crippen molar-refractivity contribution in [3.63, 3.8) is 0 Å². The molecule has 3 aromatic rings. The van der Waals surface area contributed by atoms with E-state index in [1.807, 2.05) is 36.4 Å². The molecule has 1 N–H and O–H groups in total. The summed E-state index contributed by atoms with van der Waals surface area (Å²) in [7, 11) is 0. The summed E-state index contributed by atoms with van der Waals surface area (Å²) in [6.45, 7) is 0.184. The van der Waals surface area contributed by atoms with Crippen molar-refractivity contribution in [3.8, 4) is 22.6 Å². The number of carbonyl (C=O) groups is 1. The van der Waals surface area contributed by atoms with Crippen molar-refractivity contribution in [1.82, 2.24) is 0 Å². The molecule has 3 heterocycles. The SMILES string of the molecule is O=C(O)c1cc2ccccc2cc1-c1cc2c(cc1C13CC4CC(CC(C4)O1)C3)OCO2. The fourth-order valence-corrected chi connectivity index (χ4v) is 6.83. The molecule has 32 heavy (non-hydrogen) atoms. The quantitative estimate of drug-likeness (QED) is 0.576. The van der Waals surface area contributed by atoms with E-state index in [0.29, 0.717) is 34.8 Å². The zero-order valence-electron chi connectivity index (χ0n) is 17.7. The molecule has 5 heteroatoms. The van der Waals surface area contributed by atoms with Crippen LogP contribution in [-0.4, -0.2) is 24.0 Å². The molecule has 2 saturated carbocycles. The van der Waals surface area contributed by atoms with Gasteiger partial charge in [-0.15, -0.1) is 0 Å². The topological polar surface area (TPSA) is 65.0 Å². The zero-order chi connectivity index (χ0) is 21.4. The number of hydrogen-bond acceptors (Lipinski definition) is 4. The third-order valence-corrected chi connectivity index (χ3v) is 7.90. The highest BCUT2D eigenvalue weighted by Gasteiger charge is 2.54. The highest BCUT2D eigenvalue weighted by molar-refractivity contribution is 6.03. The van der Waals surface area contributed by atoms with Crippen molar-refractivity contribution >= 4 is 16.7 Å². The van der Waals surface area contributed by atoms with Crippen molar-refractivity contribution in [3.05, 3.63) is 59.7 Å². The van der Waals surface area contributed by atoms with Gasteiger partial charge in [-0.05, 0) is 95.7 Å². The Hall–Kier alpha value is -3.05. The van der Waals surface area contributed by atoms with Crippen LogP contribution in [0.15, 0.2) is 48.5 Å². The van der Waals surface area contributed by atoms with Gasteiger partial charge >= 0.3 is 5.97 Å². The van der Waals surface area contributed by atoms with E-state index in [2.05, 4.69) is 6.07 Å². The number of hydrogen-bond donors (Lipinski definition) is 1. The van der Waals surface area contributed by atoms with Crippen LogP contribution in [0.4, 0.5) is 0 Å². The molecule has 0 aromatic heterocycles. The lowest BCUT2D eigenvalue weighted by Crippen LogP contribution is -2.53. The molecule has 0 spiro atoms. The molecule has 5 aliphatic rings. The summed E-state index contributed by atoms with van der Waals surface area (Å²) in [5.41, 5.74) is 2.57. The van der Waals surface area contributed by atoms with Gasteiger partial charge < -0.3 is 19.3 Å². The van der Waals surface area contributed by atoms with E-state index >= 15 is 0 Å². The first-order valence-electron chi connectivity index (χ1n) is 11.5. The lowest BCUT2D eigenvalue weighted by molar-refractivity contribution is -0.226. The molecule has 2 atom stereocenters. The largest absolute Gasteiger partial charge is 0.478 e. The van der Waals surface area contributed by atoms with Crippen molar-refractivity contribution in [2.75, 3.05) is 6.79 Å². The Morgan fingerprint density at radius 2 is 1.56 bits per heavy atom. The van der Waals surface area contributed by atoms with E-state index in [9.17, 15) is 9.90 Å². The molecule has 0 amide bonds. The van der Waals surface area contributed by atoms with E-state index in [-0.39, 0.29) is 12.4 Å². The number of benzene rings is 3. The molecule has 5 nitrogen and oxygen atoms in total. The van der Waals surface area contributed by atoms with Crippen LogP contribution >= 0.6 is 0 Å². The average Bonchev–Trinajstić information content (AvgIpc) is 3.24. The minimum Gasteiger partial charge on any atom is -0.478 e. The Bertz CT molecular complexity index is 1240. The van der Waals surface area contributed by atoms with Gasteiger partial charge in [-0.25, -0.2) is 4.79 Å². The van der Waals surface area contributed by atoms with E-state index in [1.54, 1.807) is 6.07 Å². The Morgan fingerprint density at radius 3 is 2.25 bits per heavy atom. The predicted octanol–water partition coefficient (Wildman–Crippen LogP) is 5.74. The third-order valence-electron chi connectivity index (χ3n) is 7.90. The van der Waals surface area contributed by atoms with Crippen molar-refractivity contribution in [1.29, 1.82) is 0 Å². The standard InChI is InChI=1S/C27H24O5/c28-26(29)22-9-18-4-2-1-3-17(18)8-20(22)21-10-24-25(31-14-30-24)11-23(21)27-12-15-5-16(13-27)7-19(6-15)32-27/h1-4,8-11,15-16,19H,5-7,12-14H2,(H,28,29). The van der Waals surface area contributed by atoms with Gasteiger partial charge in [0.2, 0.25) is 6.79 Å². The van der Waals surface area contributed by atoms with Gasteiger partial charge in [-0.3, -0.25) is 0 Å². The third kappa shape index (κ3) is 2.64. The molecule has 162 valence electrons. The smallest absolute Gasteiger partial charge is 0.336 e. The first-order valence-corrected chi connectivity index (χ1v) is 11.5. The molecule has 8 rings (SSSR count). The maximum atomic E-state index is 12.3. The minimum atomic E-state index is -0.930. The summed E-state index contributed by atoms with van der Waals surface area (Å²) < 4.78 is 18.2. The molecule has 4 bridgehead atoms. The summed E-state index contributed by atoms with van der Waals surface area (Å²) >= 11 is 0. The molecule has 2 aliphatic carbocycles. The lowest BCUT2D eigenvalue weighted by atomic mass is 9.60. The van der Waals surface area contributed by atoms with Crippen LogP contribution in [0.25, 0.3) is 21.9 Å². The highest BCUT2D eigenvalue weighted by Crippen LogP contribution is 2.59. The normalized spacial score (nSPS) is 29.6. The van der Waals surface area contributed by atoms with E-state index < -0.39 is 5.97 Å². The molecule has 3 aromatic carbocycles. The van der Waals surface area contributed by atoms with Gasteiger partial charge in [0, 0.05) is 0 Å². The van der Waals surface area contributed by atoms with Gasteiger partial charge in [0.25, 0.3) is 0 Å². The number of ether oxygens (including phenoxy) is 3. The van der Waals surface area contributed by atoms with E-state index in [0.717, 1.165) is 53.3 Å². The Kier molecular flexibility index (Phi) is 3.75. The molecule has 3 aliphatic heterocycles. The monoisotopic (exact) mass is 428 g/mol. The number of fused-ring (bicyclic) bond motifs is 2. The highest BCUT2D eigenvalue weighted by atomic mass is 16.7. The molecular weight excluding hydrogens is 404 g/mol. The second-order valence-corrected chi connectivity index (χ2v) is 9.88. The van der Waals surface area contributed by atoms with Gasteiger partial charge in [0.05, 0.1) is 17.3 Å². The maximum absolute atomic E-state index is 12.3. The average molecular weight is 428 g/mol. The zero-order valence-corrected chi connectivity index (χ0v) is 17.7. The lowest BCUT2D eigenvalue weighted by Gasteiger charge is -2.57. The second-order valence-electron chi connectivity index (χ2n) is 9.88. The number of rotatable bonds is 3. The van der Waals surface area contributed by atoms with Crippen LogP contribution in [0.2, 0.25) is 0 Å². The fourth-order valence-electron chi connectivity index (χ4n) is 6.83. The fraction of sp³-hybridized carbons (Fsp3) is 0.370. The maximum Gasteiger partial charge on any atom is 0.336 e. The molecule has 0 radical (unpaired) electrons. The van der Waals surface area contributed by atoms with Crippen LogP contribution in [0.5, 0.6) is 11.5 Å². The van der Waals surface area contributed by atoms with Crippen molar-refractivity contribution in [2.24, 2.45) is 11.8 Å². The Balaban J connectivity index is 1.49. The van der Waals surface area contributed by atoms with Crippen LogP contribution < -0.4 is 9.47 Å². The van der Waals surface area contributed by atoms with Crippen molar-refractivity contribution in [2.45, 2.75) is 43.8 Å². The van der Waals surface area contributed by atoms with Gasteiger partial charge in [-0.2, -0.15) is 0 Å². The second kappa shape index (κ2) is 6.48. The summed E-state index contributed by atoms with van der Waals surface area (Å²) in [5, 5.41) is 12.1. The summed E-state index contributed by atoms with van der Waals surface area (Å²) in [5.74, 6) is 1.81. The van der Waals surface area contributed by atoms with Crippen LogP contribution in [-0.2, 0) is 10.3 Å². The summed E-state index contributed by atoms with van der Waals surface area (Å²) in [6, 6.07) is 15.7. The van der Waals surface area contributed by atoms with Gasteiger partial charge in [0.15, 0.2) is 11.5 Å².